The van der Waals surface area contributed by atoms with Crippen LogP contribution in [0, 0.1) is 34.3 Å². The Bertz CT molecular complexity index is 2840. The number of benzene rings is 2. The summed E-state index contributed by atoms with van der Waals surface area (Å²) in [4.78, 5) is 61.5. The predicted molar refractivity (Wildman–Crippen MR) is 266 cm³/mol. The SMILES string of the molecule is COC(=O)N[C@H](C(=O)N[C@@H](Cc1ccc(C#Cc2ccc(N3CC4CCC(C3)N4C(C)C)nc2)cc1)[C@@H](O)CN(Cc1c(F)cc(-c2cnn(C(F)F)c2)cc1F)NC(=O)[C@@H](NC(=O)O)C(C)(C)C(F)(F)F)C(C)(C)C(F)(F)F. The molecule has 27 heteroatoms. The largest absolute Gasteiger partial charge is 0.465 e. The summed E-state index contributed by atoms with van der Waals surface area (Å²) in [6, 6.07) is 5.43. The van der Waals surface area contributed by atoms with Crippen LogP contribution in [0.4, 0.5) is 59.3 Å². The fourth-order valence-electron chi connectivity index (χ4n) is 9.49. The lowest BCUT2D eigenvalue weighted by molar-refractivity contribution is -0.221. The molecule has 2 aromatic heterocycles. The Kier molecular flexibility index (Phi) is 18.9. The minimum atomic E-state index is -5.28. The van der Waals surface area contributed by atoms with E-state index >= 15 is 8.78 Å². The minimum absolute atomic E-state index is 0.186. The lowest BCUT2D eigenvalue weighted by atomic mass is 9.82. The maximum Gasteiger partial charge on any atom is 0.407 e. The molecule has 2 aliphatic rings. The molecule has 4 heterocycles. The highest BCUT2D eigenvalue weighted by Crippen LogP contribution is 2.42. The molecular weight excluding hydrogens is 1070 g/mol. The van der Waals surface area contributed by atoms with Crippen LogP contribution in [0.25, 0.3) is 11.1 Å². The number of hydrazine groups is 1. The molecule has 0 saturated carbocycles. The number of aromatic nitrogens is 3. The van der Waals surface area contributed by atoms with Crippen molar-refractivity contribution in [2.75, 3.05) is 31.6 Å². The van der Waals surface area contributed by atoms with E-state index in [4.69, 9.17) is 0 Å². The summed E-state index contributed by atoms with van der Waals surface area (Å²) >= 11 is 0. The highest BCUT2D eigenvalue weighted by atomic mass is 19.4. The number of hydrogen-bond donors (Lipinski definition) is 6. The van der Waals surface area contributed by atoms with Crippen LogP contribution in [0.3, 0.4) is 0 Å². The monoisotopic (exact) mass is 1130 g/mol. The molecule has 0 spiro atoms. The van der Waals surface area contributed by atoms with E-state index in [-0.39, 0.29) is 21.4 Å². The number of pyridine rings is 1. The number of methoxy groups -OCH3 is 1. The molecule has 0 aliphatic carbocycles. The Morgan fingerprint density at radius 2 is 1.35 bits per heavy atom. The lowest BCUT2D eigenvalue weighted by Gasteiger charge is -2.43. The van der Waals surface area contributed by atoms with Gasteiger partial charge in [-0.05, 0) is 108 Å². The summed E-state index contributed by atoms with van der Waals surface area (Å²) in [5.74, 6) is 0.647. The van der Waals surface area contributed by atoms with Gasteiger partial charge in [0.05, 0.1) is 36.3 Å². The van der Waals surface area contributed by atoms with Crippen molar-refractivity contribution in [3.8, 4) is 23.0 Å². The molecule has 2 bridgehead atoms. The van der Waals surface area contributed by atoms with Gasteiger partial charge in [0.15, 0.2) is 0 Å². The van der Waals surface area contributed by atoms with Crippen molar-refractivity contribution >= 4 is 29.8 Å². The summed E-state index contributed by atoms with van der Waals surface area (Å²) < 4.78 is 150. The molecule has 79 heavy (non-hydrogen) atoms. The number of carbonyl (C=O) groups excluding carboxylic acids is 3. The van der Waals surface area contributed by atoms with E-state index in [0.29, 0.717) is 74.1 Å². The summed E-state index contributed by atoms with van der Waals surface area (Å²) in [6.07, 6.45) is -11.2. The summed E-state index contributed by atoms with van der Waals surface area (Å²) in [5, 5.41) is 31.0. The number of anilines is 1. The van der Waals surface area contributed by atoms with Crippen molar-refractivity contribution in [3.63, 3.8) is 0 Å². The van der Waals surface area contributed by atoms with Crippen LogP contribution in [0.5, 0.6) is 0 Å². The third-order valence-corrected chi connectivity index (χ3v) is 14.2. The number of fused-ring (bicyclic) bond motifs is 2. The topological polar surface area (TPSA) is 207 Å². The van der Waals surface area contributed by atoms with Crippen LogP contribution in [0.1, 0.15) is 83.2 Å². The third-order valence-electron chi connectivity index (χ3n) is 14.2. The zero-order valence-corrected chi connectivity index (χ0v) is 43.8. The standard InChI is InChI=1S/C52H60F10N10O7/c1-28(2)72-34-15-16-35(72)25-69(24-34)41-17-14-31(21-63-41)13-10-29-8-11-30(12-9-29)18-39(65-44(74)42(67-48(78)79-7)49(3,4)51(57,58)59)40(73)27-70(68-45(75)43(66-47(76)77)50(5,6)52(60,61)62)26-36-37(53)19-32(20-38(36)54)33-22-64-71(23-33)46(55)56/h8-9,11-12,14,17,19-23,28,34-35,39-40,42-43,46,66,73H,15-16,18,24-27H2,1-7H3,(H,65,74)(H,67,78)(H,68,75)(H,76,77)/t34?,35?,39-,40-,42+,43+/m0/s1. The second kappa shape index (κ2) is 24.5. The molecule has 4 aromatic rings. The van der Waals surface area contributed by atoms with Crippen LogP contribution >= 0.6 is 0 Å². The molecule has 17 nitrogen and oxygen atoms in total. The van der Waals surface area contributed by atoms with E-state index in [0.717, 1.165) is 51.3 Å². The van der Waals surface area contributed by atoms with Gasteiger partial charge in [0, 0.05) is 79.0 Å². The summed E-state index contributed by atoms with van der Waals surface area (Å²) in [7, 11) is 0.812. The van der Waals surface area contributed by atoms with E-state index in [9.17, 15) is 64.5 Å². The van der Waals surface area contributed by atoms with Crippen molar-refractivity contribution in [1.82, 2.24) is 46.0 Å². The van der Waals surface area contributed by atoms with Crippen molar-refractivity contribution in [2.45, 2.75) is 129 Å². The molecule has 2 aromatic carbocycles. The first-order valence-electron chi connectivity index (χ1n) is 24.7. The summed E-state index contributed by atoms with van der Waals surface area (Å²) in [5.41, 5.74) is -4.45. The number of halogens is 10. The number of carboxylic acid groups (broad SMARTS) is 1. The maximum absolute atomic E-state index is 16.0. The fraction of sp³-hybridized carbons (Fsp3) is 0.500. The number of nitrogens with zero attached hydrogens (tertiary/aromatic N) is 6. The second-order valence-electron chi connectivity index (χ2n) is 20.7. The minimum Gasteiger partial charge on any atom is -0.465 e. The van der Waals surface area contributed by atoms with Gasteiger partial charge >= 0.3 is 31.1 Å². The average Bonchev–Trinajstić information content (AvgIpc) is 3.99. The van der Waals surface area contributed by atoms with Gasteiger partial charge in [-0.25, -0.2) is 33.0 Å². The Hall–Kier alpha value is -7.18. The number of piperazine rings is 1. The Morgan fingerprint density at radius 3 is 1.85 bits per heavy atom. The van der Waals surface area contributed by atoms with Crippen molar-refractivity contribution in [3.05, 3.63) is 101 Å². The second-order valence-corrected chi connectivity index (χ2v) is 20.7. The van der Waals surface area contributed by atoms with Crippen molar-refractivity contribution < 1.29 is 78.0 Å². The van der Waals surface area contributed by atoms with Crippen molar-refractivity contribution in [2.24, 2.45) is 10.8 Å². The molecule has 6 atom stereocenters. The van der Waals surface area contributed by atoms with Gasteiger partial charge in [-0.1, -0.05) is 24.0 Å². The zero-order valence-electron chi connectivity index (χ0n) is 43.8. The van der Waals surface area contributed by atoms with Crippen LogP contribution in [0.15, 0.2) is 67.1 Å². The molecule has 4 amide bonds. The highest BCUT2D eigenvalue weighted by Gasteiger charge is 2.57. The number of aliphatic hydroxyl groups excluding tert-OH is 1. The predicted octanol–water partition coefficient (Wildman–Crippen LogP) is 7.54. The van der Waals surface area contributed by atoms with E-state index in [1.807, 2.05) is 22.9 Å². The molecule has 2 aliphatic heterocycles. The highest BCUT2D eigenvalue weighted by molar-refractivity contribution is 5.87. The zero-order chi connectivity index (χ0) is 58.5. The van der Waals surface area contributed by atoms with E-state index < -0.39 is 115 Å². The van der Waals surface area contributed by atoms with E-state index in [1.54, 1.807) is 6.20 Å². The number of alkyl carbamates (subject to hydrolysis) is 1. The molecule has 2 saturated heterocycles. The Labute approximate surface area is 448 Å². The van der Waals surface area contributed by atoms with Crippen LogP contribution in [0.2, 0.25) is 0 Å². The molecule has 6 rings (SSSR count). The first-order valence-corrected chi connectivity index (χ1v) is 24.7. The molecule has 2 fully saturated rings. The maximum atomic E-state index is 16.0. The molecule has 0 radical (unpaired) electrons. The number of amides is 4. The first kappa shape index (κ1) is 61.0. The number of rotatable bonds is 19. The molecule has 6 N–H and O–H groups in total. The number of aliphatic hydroxyl groups is 1. The number of carbonyl (C=O) groups is 4. The van der Waals surface area contributed by atoms with Gasteiger partial charge in [0.2, 0.25) is 5.91 Å². The molecule has 2 unspecified atom stereocenters. The number of alkyl halides is 8. The molecule has 430 valence electrons. The third kappa shape index (κ3) is 14.6. The smallest absolute Gasteiger partial charge is 0.407 e. The fourth-order valence-corrected chi connectivity index (χ4v) is 9.49. The average molecular weight is 1130 g/mol. The van der Waals surface area contributed by atoms with Crippen LogP contribution in [-0.2, 0) is 27.3 Å². The van der Waals surface area contributed by atoms with Gasteiger partial charge < -0.3 is 35.8 Å². The molecular formula is C52H60F10N10O7. The van der Waals surface area contributed by atoms with Gasteiger partial charge in [0.1, 0.15) is 29.5 Å². The number of hydrogen-bond acceptors (Lipinski definition) is 11. The number of nitrogens with one attached hydrogen (secondary N) is 4. The van der Waals surface area contributed by atoms with E-state index in [1.165, 1.54) is 29.6 Å². The Morgan fingerprint density at radius 1 is 0.797 bits per heavy atom. The first-order chi connectivity index (χ1) is 36.8. The quantitative estimate of drug-likeness (QED) is 0.0306. The van der Waals surface area contributed by atoms with Gasteiger partial charge in [-0.15, -0.1) is 0 Å². The van der Waals surface area contributed by atoms with Crippen LogP contribution in [-0.4, -0.2) is 140 Å². The normalized spacial score (nSPS) is 17.7. The van der Waals surface area contributed by atoms with Gasteiger partial charge in [-0.2, -0.15) is 40.2 Å². The van der Waals surface area contributed by atoms with Crippen molar-refractivity contribution in [1.29, 1.82) is 0 Å². The van der Waals surface area contributed by atoms with E-state index in [2.05, 4.69) is 55.6 Å². The number of ether oxygens (including phenoxy) is 1. The Balaban J connectivity index is 1.32. The van der Waals surface area contributed by atoms with Gasteiger partial charge in [-0.3, -0.25) is 19.9 Å². The van der Waals surface area contributed by atoms with Crippen LogP contribution < -0.4 is 26.3 Å². The summed E-state index contributed by atoms with van der Waals surface area (Å²) in [6.45, 7) is 2.74. The lowest BCUT2D eigenvalue weighted by Crippen LogP contribution is -2.63. The van der Waals surface area contributed by atoms with Gasteiger partial charge in [0.25, 0.3) is 5.91 Å².